The molecule has 1 aliphatic carbocycles. The highest BCUT2D eigenvalue weighted by Gasteiger charge is 2.39. The van der Waals surface area contributed by atoms with Crippen LogP contribution in [0.3, 0.4) is 0 Å². The predicted molar refractivity (Wildman–Crippen MR) is 118 cm³/mol. The minimum Gasteiger partial charge on any atom is -0.308 e. The Balaban J connectivity index is 1.60. The van der Waals surface area contributed by atoms with Gasteiger partial charge in [-0.1, -0.05) is 35.2 Å². The SMILES string of the molecule is CC(=O)N1c2c(cc(Br)cc2S(=O)(=O)N2CCN(C3CCCCC3)CC2)CC1C. The Kier molecular flexibility index (Phi) is 6.08. The Morgan fingerprint density at radius 1 is 1.07 bits per heavy atom. The molecule has 6 nitrogen and oxygen atoms in total. The first-order valence-corrected chi connectivity index (χ1v) is 12.9. The van der Waals surface area contributed by atoms with Crippen LogP contribution in [-0.4, -0.2) is 61.8 Å². The van der Waals surface area contributed by atoms with E-state index in [1.165, 1.54) is 39.0 Å². The highest BCUT2D eigenvalue weighted by atomic mass is 79.9. The smallest absolute Gasteiger partial charge is 0.245 e. The van der Waals surface area contributed by atoms with E-state index in [9.17, 15) is 13.2 Å². The minimum atomic E-state index is -3.67. The number of amides is 1. The molecule has 0 radical (unpaired) electrons. The van der Waals surface area contributed by atoms with Gasteiger partial charge in [0.25, 0.3) is 0 Å². The molecule has 3 aliphatic rings. The Morgan fingerprint density at radius 3 is 2.34 bits per heavy atom. The summed E-state index contributed by atoms with van der Waals surface area (Å²) in [5, 5.41) is 0. The quantitative estimate of drug-likeness (QED) is 0.660. The van der Waals surface area contributed by atoms with Gasteiger partial charge < -0.3 is 4.90 Å². The predicted octanol–water partition coefficient (Wildman–Crippen LogP) is 3.39. The molecular formula is C21H30BrN3O3S. The van der Waals surface area contributed by atoms with Gasteiger partial charge in [-0.05, 0) is 43.9 Å². The number of carbonyl (C=O) groups is 1. The fourth-order valence-electron chi connectivity index (χ4n) is 5.25. The third-order valence-corrected chi connectivity index (χ3v) is 9.01. The molecule has 1 aromatic rings. The second kappa shape index (κ2) is 8.29. The van der Waals surface area contributed by atoms with Gasteiger partial charge in [0.1, 0.15) is 4.90 Å². The molecule has 0 bridgehead atoms. The number of anilines is 1. The molecule has 0 N–H and O–H groups in total. The Morgan fingerprint density at radius 2 is 1.72 bits per heavy atom. The minimum absolute atomic E-state index is 0.0334. The largest absolute Gasteiger partial charge is 0.308 e. The monoisotopic (exact) mass is 483 g/mol. The van der Waals surface area contributed by atoms with Crippen LogP contribution in [0.1, 0.15) is 51.5 Å². The lowest BCUT2D eigenvalue weighted by Gasteiger charge is -2.40. The summed E-state index contributed by atoms with van der Waals surface area (Å²) < 4.78 is 29.6. The van der Waals surface area contributed by atoms with Crippen LogP contribution in [0.5, 0.6) is 0 Å². The molecule has 2 fully saturated rings. The normalized spacial score (nSPS) is 24.7. The third-order valence-electron chi connectivity index (χ3n) is 6.64. The highest BCUT2D eigenvalue weighted by Crippen LogP contribution is 2.41. The molecule has 1 amide bonds. The average Bonchev–Trinajstić information content (AvgIpc) is 3.03. The second-order valence-corrected chi connectivity index (χ2v) is 11.4. The number of benzene rings is 1. The van der Waals surface area contributed by atoms with Crippen LogP contribution >= 0.6 is 15.9 Å². The van der Waals surface area contributed by atoms with Crippen molar-refractivity contribution in [2.75, 3.05) is 31.1 Å². The van der Waals surface area contributed by atoms with Crippen LogP contribution < -0.4 is 4.90 Å². The molecular weight excluding hydrogens is 454 g/mol. The molecule has 0 aromatic heterocycles. The zero-order valence-electron chi connectivity index (χ0n) is 17.2. The van der Waals surface area contributed by atoms with Crippen molar-refractivity contribution < 1.29 is 13.2 Å². The van der Waals surface area contributed by atoms with Gasteiger partial charge in [-0.15, -0.1) is 0 Å². The lowest BCUT2D eigenvalue weighted by molar-refractivity contribution is -0.116. The van der Waals surface area contributed by atoms with Crippen LogP contribution in [0.15, 0.2) is 21.5 Å². The van der Waals surface area contributed by atoms with Crippen LogP contribution in [-0.2, 0) is 21.2 Å². The lowest BCUT2D eigenvalue weighted by Crippen LogP contribution is -2.52. The summed E-state index contributed by atoms with van der Waals surface area (Å²) in [6.07, 6.45) is 7.03. The van der Waals surface area contributed by atoms with Gasteiger partial charge >= 0.3 is 0 Å². The number of hydrogen-bond donors (Lipinski definition) is 0. The lowest BCUT2D eigenvalue weighted by atomic mass is 9.94. The second-order valence-electron chi connectivity index (χ2n) is 8.59. The summed E-state index contributed by atoms with van der Waals surface area (Å²) in [7, 11) is -3.67. The topological polar surface area (TPSA) is 60.9 Å². The fourth-order valence-corrected chi connectivity index (χ4v) is 7.57. The maximum absolute atomic E-state index is 13.6. The molecule has 160 valence electrons. The van der Waals surface area contributed by atoms with Crippen LogP contribution in [0.2, 0.25) is 0 Å². The first-order valence-electron chi connectivity index (χ1n) is 10.7. The van der Waals surface area contributed by atoms with Crippen LogP contribution in [0.25, 0.3) is 0 Å². The number of nitrogens with zero attached hydrogens (tertiary/aromatic N) is 3. The maximum Gasteiger partial charge on any atom is 0.245 e. The zero-order chi connectivity index (χ0) is 20.8. The molecule has 0 spiro atoms. The Labute approximate surface area is 182 Å². The van der Waals surface area contributed by atoms with E-state index in [2.05, 4.69) is 20.8 Å². The van der Waals surface area contributed by atoms with Crippen molar-refractivity contribution in [2.24, 2.45) is 0 Å². The average molecular weight is 484 g/mol. The highest BCUT2D eigenvalue weighted by molar-refractivity contribution is 9.10. The summed E-state index contributed by atoms with van der Waals surface area (Å²) in [6.45, 7) is 6.06. The van der Waals surface area contributed by atoms with E-state index >= 15 is 0 Å². The molecule has 2 heterocycles. The van der Waals surface area contributed by atoms with E-state index < -0.39 is 10.0 Å². The number of carbonyl (C=O) groups excluding carboxylic acids is 1. The van der Waals surface area contributed by atoms with Crippen molar-refractivity contribution in [3.05, 3.63) is 22.2 Å². The van der Waals surface area contributed by atoms with Gasteiger partial charge in [-0.3, -0.25) is 9.69 Å². The molecule has 8 heteroatoms. The zero-order valence-corrected chi connectivity index (χ0v) is 19.6. The first kappa shape index (κ1) is 21.3. The summed E-state index contributed by atoms with van der Waals surface area (Å²) in [5.41, 5.74) is 1.49. The summed E-state index contributed by atoms with van der Waals surface area (Å²) in [6, 6.07) is 4.18. The number of fused-ring (bicyclic) bond motifs is 1. The molecule has 4 rings (SSSR count). The summed E-state index contributed by atoms with van der Waals surface area (Å²) in [4.78, 5) is 16.7. The van der Waals surface area contributed by atoms with E-state index in [1.54, 1.807) is 15.3 Å². The van der Waals surface area contributed by atoms with Gasteiger partial charge in [0.15, 0.2) is 0 Å². The number of piperazine rings is 1. The Hall–Kier alpha value is -0.960. The van der Waals surface area contributed by atoms with Crippen molar-refractivity contribution >= 4 is 37.5 Å². The third kappa shape index (κ3) is 4.01. The molecule has 1 saturated carbocycles. The molecule has 2 aliphatic heterocycles. The number of hydrogen-bond acceptors (Lipinski definition) is 4. The fraction of sp³-hybridized carbons (Fsp3) is 0.667. The van der Waals surface area contributed by atoms with E-state index in [-0.39, 0.29) is 16.8 Å². The van der Waals surface area contributed by atoms with Crippen LogP contribution in [0, 0.1) is 0 Å². The van der Waals surface area contributed by atoms with Crippen molar-refractivity contribution in [2.45, 2.75) is 69.4 Å². The molecule has 29 heavy (non-hydrogen) atoms. The van der Waals surface area contributed by atoms with E-state index in [0.29, 0.717) is 31.2 Å². The van der Waals surface area contributed by atoms with Crippen molar-refractivity contribution in [3.8, 4) is 0 Å². The summed E-state index contributed by atoms with van der Waals surface area (Å²) >= 11 is 3.48. The van der Waals surface area contributed by atoms with Crippen molar-refractivity contribution in [1.29, 1.82) is 0 Å². The van der Waals surface area contributed by atoms with E-state index in [1.807, 2.05) is 13.0 Å². The van der Waals surface area contributed by atoms with Gasteiger partial charge in [-0.25, -0.2) is 8.42 Å². The number of halogens is 1. The van der Waals surface area contributed by atoms with Gasteiger partial charge in [0.05, 0.1) is 5.69 Å². The molecule has 1 atom stereocenters. The molecule has 1 unspecified atom stereocenters. The van der Waals surface area contributed by atoms with Crippen LogP contribution in [0.4, 0.5) is 5.69 Å². The van der Waals surface area contributed by atoms with Gasteiger partial charge in [0.2, 0.25) is 15.9 Å². The molecule has 1 saturated heterocycles. The van der Waals surface area contributed by atoms with E-state index in [0.717, 1.165) is 23.1 Å². The van der Waals surface area contributed by atoms with Crippen molar-refractivity contribution in [3.63, 3.8) is 0 Å². The number of sulfonamides is 1. The van der Waals surface area contributed by atoms with Gasteiger partial charge in [-0.2, -0.15) is 4.31 Å². The molecule has 1 aromatic carbocycles. The standard InChI is InChI=1S/C21H30BrN3O3S/c1-15-12-17-13-18(22)14-20(21(17)25(15)16(2)26)29(27,28)24-10-8-23(9-11-24)19-6-4-3-5-7-19/h13-15,19H,3-12H2,1-2H3. The summed E-state index contributed by atoms with van der Waals surface area (Å²) in [5.74, 6) is -0.114. The van der Waals surface area contributed by atoms with E-state index in [4.69, 9.17) is 0 Å². The first-order chi connectivity index (χ1) is 13.8. The maximum atomic E-state index is 13.6. The number of rotatable bonds is 3. The van der Waals surface area contributed by atoms with Gasteiger partial charge in [0, 0.05) is 49.7 Å². The Bertz CT molecular complexity index is 891. The van der Waals surface area contributed by atoms with Crippen molar-refractivity contribution in [1.82, 2.24) is 9.21 Å².